The molecule has 0 saturated carbocycles. The van der Waals surface area contributed by atoms with Crippen LogP contribution in [0.15, 0.2) is 12.5 Å². The number of nitrogens with one attached hydrogen (secondary N) is 3. The average molecular weight is 541 g/mol. The number of primary amides is 1. The zero-order valence-electron chi connectivity index (χ0n) is 21.5. The predicted octanol–water partition coefficient (Wildman–Crippen LogP) is -0.591. The summed E-state index contributed by atoms with van der Waals surface area (Å²) >= 11 is 4.01. The zero-order valence-corrected chi connectivity index (χ0v) is 22.4. The number of amides is 3. The average Bonchev–Trinajstić information content (AvgIpc) is 3.33. The van der Waals surface area contributed by atoms with Crippen molar-refractivity contribution in [3.05, 3.63) is 18.2 Å². The monoisotopic (exact) mass is 540 g/mol. The van der Waals surface area contributed by atoms with Crippen LogP contribution in [0.1, 0.15) is 58.1 Å². The van der Waals surface area contributed by atoms with Crippen molar-refractivity contribution in [3.8, 4) is 0 Å². The smallest absolute Gasteiger partial charge is 0.238 e. The first-order chi connectivity index (χ1) is 17.4. The van der Waals surface area contributed by atoms with Gasteiger partial charge in [-0.1, -0.05) is 6.42 Å². The Kier molecular flexibility index (Phi) is 14.1. The van der Waals surface area contributed by atoms with Gasteiger partial charge in [0.1, 0.15) is 5.78 Å². The maximum Gasteiger partial charge on any atom is 0.238 e. The van der Waals surface area contributed by atoms with Crippen molar-refractivity contribution in [1.82, 2.24) is 20.6 Å². The molecule has 8 N–H and O–H groups in total. The van der Waals surface area contributed by atoms with Crippen molar-refractivity contribution < 1.29 is 29.1 Å². The molecular formula is C24H40N6O6S. The maximum atomic E-state index is 13.2. The van der Waals surface area contributed by atoms with Crippen molar-refractivity contribution in [3.63, 3.8) is 0 Å². The lowest BCUT2D eigenvalue weighted by atomic mass is 9.83. The van der Waals surface area contributed by atoms with Gasteiger partial charge in [-0.2, -0.15) is 12.6 Å². The van der Waals surface area contributed by atoms with E-state index in [9.17, 15) is 29.1 Å². The number of unbranched alkanes of at least 4 members (excludes halogenated alkanes) is 1. The first-order valence-electron chi connectivity index (χ1n) is 12.3. The second kappa shape index (κ2) is 16.2. The van der Waals surface area contributed by atoms with Crippen LogP contribution in [-0.4, -0.2) is 74.8 Å². The number of imidazole rings is 1. The molecule has 0 bridgehead atoms. The molecular weight excluding hydrogens is 500 g/mol. The summed E-state index contributed by atoms with van der Waals surface area (Å²) in [5.74, 6) is -3.54. The SMILES string of the molecule is CC(C)(NC(=O)[C@@H](N)Cc1cnc[nH]1)C(=O)C[C@@H](CCCCNC(=O)CCS)C(=O)C[C@@H](CO)C(N)=O. The first kappa shape index (κ1) is 32.3. The summed E-state index contributed by atoms with van der Waals surface area (Å²) < 4.78 is 0. The molecule has 0 aliphatic carbocycles. The van der Waals surface area contributed by atoms with Crippen molar-refractivity contribution in [1.29, 1.82) is 0 Å². The molecule has 0 saturated heterocycles. The third-order valence-electron chi connectivity index (χ3n) is 6.06. The Balaban J connectivity index is 2.79. The van der Waals surface area contributed by atoms with Crippen LogP contribution in [0.4, 0.5) is 0 Å². The van der Waals surface area contributed by atoms with Gasteiger partial charge >= 0.3 is 0 Å². The summed E-state index contributed by atoms with van der Waals surface area (Å²) in [6.07, 6.45) is 4.52. The van der Waals surface area contributed by atoms with Gasteiger partial charge in [-0.15, -0.1) is 0 Å². The van der Waals surface area contributed by atoms with E-state index in [1.165, 1.54) is 20.2 Å². The molecule has 3 atom stereocenters. The molecule has 0 unspecified atom stereocenters. The number of hydrogen-bond acceptors (Lipinski definition) is 9. The predicted molar refractivity (Wildman–Crippen MR) is 140 cm³/mol. The third kappa shape index (κ3) is 11.9. The number of thiol groups is 1. The normalized spacial score (nSPS) is 13.9. The van der Waals surface area contributed by atoms with Crippen LogP contribution in [0, 0.1) is 11.8 Å². The van der Waals surface area contributed by atoms with Crippen molar-refractivity contribution in [2.45, 2.75) is 70.4 Å². The van der Waals surface area contributed by atoms with E-state index in [1.807, 2.05) is 0 Å². The van der Waals surface area contributed by atoms with Crippen LogP contribution in [0.25, 0.3) is 0 Å². The Labute approximate surface area is 222 Å². The van der Waals surface area contributed by atoms with Gasteiger partial charge in [0.05, 0.1) is 30.4 Å². The second-order valence-electron chi connectivity index (χ2n) is 9.60. The van der Waals surface area contributed by atoms with Gasteiger partial charge in [-0.05, 0) is 32.4 Å². The molecule has 1 aromatic heterocycles. The molecule has 37 heavy (non-hydrogen) atoms. The summed E-state index contributed by atoms with van der Waals surface area (Å²) in [5.41, 5.74) is 10.6. The molecule has 3 amide bonds. The Bertz CT molecular complexity index is 908. The molecule has 12 nitrogen and oxygen atoms in total. The molecule has 0 aliphatic heterocycles. The molecule has 0 radical (unpaired) electrons. The van der Waals surface area contributed by atoms with Crippen LogP contribution in [0.3, 0.4) is 0 Å². The van der Waals surface area contributed by atoms with Crippen LogP contribution in [0.5, 0.6) is 0 Å². The summed E-state index contributed by atoms with van der Waals surface area (Å²) in [7, 11) is 0. The highest BCUT2D eigenvalue weighted by Gasteiger charge is 2.35. The van der Waals surface area contributed by atoms with E-state index < -0.39 is 41.8 Å². The molecule has 0 fully saturated rings. The summed E-state index contributed by atoms with van der Waals surface area (Å²) in [5, 5.41) is 14.8. The highest BCUT2D eigenvalue weighted by molar-refractivity contribution is 7.80. The van der Waals surface area contributed by atoms with Gasteiger partial charge in [0.2, 0.25) is 17.7 Å². The number of hydrogen-bond donors (Lipinski definition) is 7. The number of aliphatic hydroxyl groups is 1. The summed E-state index contributed by atoms with van der Waals surface area (Å²) in [6, 6.07) is -0.913. The lowest BCUT2D eigenvalue weighted by Gasteiger charge is -2.28. The fourth-order valence-corrected chi connectivity index (χ4v) is 3.85. The molecule has 1 rings (SSSR count). The maximum absolute atomic E-state index is 13.2. The minimum atomic E-state index is -1.30. The van der Waals surface area contributed by atoms with E-state index in [0.717, 1.165) is 0 Å². The van der Waals surface area contributed by atoms with E-state index in [0.29, 0.717) is 43.7 Å². The molecule has 13 heteroatoms. The number of aromatic amines is 1. The minimum absolute atomic E-state index is 0.117. The number of nitrogens with zero attached hydrogens (tertiary/aromatic N) is 1. The Hall–Kier alpha value is -2.77. The van der Waals surface area contributed by atoms with Gasteiger partial charge in [0, 0.05) is 50.0 Å². The fourth-order valence-electron chi connectivity index (χ4n) is 3.65. The molecule has 0 aromatic carbocycles. The molecule has 1 heterocycles. The summed E-state index contributed by atoms with van der Waals surface area (Å²) in [6.45, 7) is 2.91. The van der Waals surface area contributed by atoms with E-state index in [2.05, 4.69) is 33.2 Å². The third-order valence-corrected chi connectivity index (χ3v) is 6.29. The number of aliphatic hydroxyl groups excluding tert-OH is 1. The lowest BCUT2D eigenvalue weighted by molar-refractivity contribution is -0.135. The Morgan fingerprint density at radius 2 is 1.86 bits per heavy atom. The first-order valence-corrected chi connectivity index (χ1v) is 12.9. The highest BCUT2D eigenvalue weighted by Crippen LogP contribution is 2.22. The number of rotatable bonds is 19. The number of aromatic nitrogens is 2. The molecule has 0 aliphatic rings. The largest absolute Gasteiger partial charge is 0.396 e. The van der Waals surface area contributed by atoms with E-state index in [-0.39, 0.29) is 36.7 Å². The van der Waals surface area contributed by atoms with Crippen molar-refractivity contribution >= 4 is 41.9 Å². The fraction of sp³-hybridized carbons (Fsp3) is 0.667. The number of Topliss-reactive ketones (excluding diaryl/α,β-unsaturated/α-hetero) is 2. The molecule has 208 valence electrons. The van der Waals surface area contributed by atoms with Gasteiger partial charge in [0.15, 0.2) is 5.78 Å². The van der Waals surface area contributed by atoms with Gasteiger partial charge in [-0.3, -0.25) is 24.0 Å². The van der Waals surface area contributed by atoms with Crippen LogP contribution >= 0.6 is 12.6 Å². The van der Waals surface area contributed by atoms with E-state index >= 15 is 0 Å². The number of H-pyrrole nitrogens is 1. The standard InChI is InChI=1S/C24H40N6O6S/c1-24(2,30-23(36)18(25)11-17-12-27-14-29-17)20(33)10-15(19(32)9-16(13-31)22(26)35)5-3-4-7-28-21(34)6-8-37/h12,14-16,18,31,37H,3-11,13,25H2,1-2H3,(H2,26,35)(H,27,29)(H,28,34)(H,30,36)/t15-,16+,18+/m1/s1. The number of carbonyl (C=O) groups excluding carboxylic acids is 5. The van der Waals surface area contributed by atoms with Crippen molar-refractivity contribution in [2.24, 2.45) is 23.3 Å². The van der Waals surface area contributed by atoms with Gasteiger partial charge in [-0.25, -0.2) is 4.98 Å². The van der Waals surface area contributed by atoms with E-state index in [1.54, 1.807) is 6.20 Å². The number of ketones is 2. The Morgan fingerprint density at radius 1 is 1.16 bits per heavy atom. The topological polar surface area (TPSA) is 210 Å². The minimum Gasteiger partial charge on any atom is -0.396 e. The lowest BCUT2D eigenvalue weighted by Crippen LogP contribution is -2.55. The van der Waals surface area contributed by atoms with Crippen molar-refractivity contribution in [2.75, 3.05) is 18.9 Å². The molecule has 1 aromatic rings. The Morgan fingerprint density at radius 3 is 2.43 bits per heavy atom. The van der Waals surface area contributed by atoms with Crippen LogP contribution < -0.4 is 22.1 Å². The van der Waals surface area contributed by atoms with E-state index in [4.69, 9.17) is 11.5 Å². The van der Waals surface area contributed by atoms with Gasteiger partial charge < -0.3 is 32.2 Å². The van der Waals surface area contributed by atoms with Crippen LogP contribution in [0.2, 0.25) is 0 Å². The zero-order chi connectivity index (χ0) is 28.0. The second-order valence-corrected chi connectivity index (χ2v) is 10.0. The highest BCUT2D eigenvalue weighted by atomic mass is 32.1. The number of nitrogens with two attached hydrogens (primary N) is 2. The van der Waals surface area contributed by atoms with Gasteiger partial charge in [0.25, 0.3) is 0 Å². The quantitative estimate of drug-likeness (QED) is 0.0888. The number of carbonyl (C=O) groups is 5. The summed E-state index contributed by atoms with van der Waals surface area (Å²) in [4.78, 5) is 68.6. The van der Waals surface area contributed by atoms with Crippen LogP contribution in [-0.2, 0) is 30.4 Å². The molecule has 0 spiro atoms.